The Bertz CT molecular complexity index is 1240. The number of rotatable bonds is 8. The fraction of sp³-hybridized carbons (Fsp3) is 0.222. The Labute approximate surface area is 216 Å². The van der Waals surface area contributed by atoms with Gasteiger partial charge in [-0.25, -0.2) is 4.79 Å². The zero-order chi connectivity index (χ0) is 25.1. The van der Waals surface area contributed by atoms with Gasteiger partial charge in [0.05, 0.1) is 13.0 Å². The van der Waals surface area contributed by atoms with Crippen molar-refractivity contribution < 1.29 is 24.2 Å². The molecular weight excluding hydrogens is 496 g/mol. The van der Waals surface area contributed by atoms with Crippen LogP contribution in [0.25, 0.3) is 0 Å². The number of carbonyl (C=O) groups is 3. The van der Waals surface area contributed by atoms with Crippen LogP contribution in [0, 0.1) is 0 Å². The normalized spacial score (nSPS) is 19.1. The van der Waals surface area contributed by atoms with Crippen molar-refractivity contribution in [2.24, 2.45) is 0 Å². The van der Waals surface area contributed by atoms with Crippen LogP contribution in [0.5, 0.6) is 0 Å². The van der Waals surface area contributed by atoms with Gasteiger partial charge in [-0.05, 0) is 28.1 Å². The van der Waals surface area contributed by atoms with Crippen molar-refractivity contribution in [2.75, 3.05) is 12.4 Å². The van der Waals surface area contributed by atoms with Crippen molar-refractivity contribution in [2.45, 2.75) is 23.9 Å². The number of ether oxygens (including phenoxy) is 1. The maximum Gasteiger partial charge on any atom is 0.356 e. The predicted octanol–water partition coefficient (Wildman–Crippen LogP) is 3.27. The number of esters is 1. The van der Waals surface area contributed by atoms with E-state index >= 15 is 0 Å². The number of β-lactam (4-membered cyclic amide) rings is 1. The van der Waals surface area contributed by atoms with E-state index in [1.165, 1.54) is 28.0 Å². The SMILES string of the molecule is O=C(Cc1cccs1)N[C@@H]1C(=O)N2C(C(=O)OC(c3ccccc3)c3ccccc3)=C(CO)CS[C@H]12. The monoisotopic (exact) mass is 520 g/mol. The third kappa shape index (κ3) is 4.82. The number of nitrogens with one attached hydrogen (secondary N) is 1. The number of benzene rings is 2. The minimum atomic E-state index is -0.732. The summed E-state index contributed by atoms with van der Waals surface area (Å²) in [5.41, 5.74) is 2.07. The summed E-state index contributed by atoms with van der Waals surface area (Å²) >= 11 is 2.89. The molecule has 2 aliphatic heterocycles. The van der Waals surface area contributed by atoms with Crippen molar-refractivity contribution in [3.63, 3.8) is 0 Å². The largest absolute Gasteiger partial charge is 0.448 e. The van der Waals surface area contributed by atoms with Crippen LogP contribution in [0.1, 0.15) is 22.1 Å². The van der Waals surface area contributed by atoms with Gasteiger partial charge in [0, 0.05) is 10.6 Å². The third-order valence-electron chi connectivity index (χ3n) is 6.09. The number of amides is 2. The molecule has 2 N–H and O–H groups in total. The van der Waals surface area contributed by atoms with E-state index in [2.05, 4.69) is 5.32 Å². The van der Waals surface area contributed by atoms with E-state index in [-0.39, 0.29) is 30.5 Å². The van der Waals surface area contributed by atoms with Crippen molar-refractivity contribution >= 4 is 40.9 Å². The summed E-state index contributed by atoms with van der Waals surface area (Å²) in [5.74, 6) is -0.960. The fourth-order valence-electron chi connectivity index (χ4n) is 4.34. The number of thiophene rings is 1. The van der Waals surface area contributed by atoms with Crippen molar-refractivity contribution in [3.05, 3.63) is 105 Å². The van der Waals surface area contributed by atoms with Gasteiger partial charge in [-0.1, -0.05) is 66.7 Å². The first kappa shape index (κ1) is 24.3. The van der Waals surface area contributed by atoms with Gasteiger partial charge < -0.3 is 15.2 Å². The van der Waals surface area contributed by atoms with Gasteiger partial charge in [0.1, 0.15) is 17.1 Å². The van der Waals surface area contributed by atoms with Crippen LogP contribution in [0.3, 0.4) is 0 Å². The van der Waals surface area contributed by atoms with Gasteiger partial charge in [0.25, 0.3) is 5.91 Å². The average molecular weight is 521 g/mol. The Morgan fingerprint density at radius 2 is 1.69 bits per heavy atom. The van der Waals surface area contributed by atoms with E-state index in [0.29, 0.717) is 11.3 Å². The van der Waals surface area contributed by atoms with Crippen LogP contribution >= 0.6 is 23.1 Å². The van der Waals surface area contributed by atoms with Crippen LogP contribution in [-0.2, 0) is 25.5 Å². The molecule has 7 nitrogen and oxygen atoms in total. The zero-order valence-corrected chi connectivity index (χ0v) is 20.8. The van der Waals surface area contributed by atoms with Crippen LogP contribution in [0.15, 0.2) is 89.4 Å². The molecule has 0 radical (unpaired) electrons. The first-order chi connectivity index (χ1) is 17.6. The average Bonchev–Trinajstić information content (AvgIpc) is 3.43. The van der Waals surface area contributed by atoms with Gasteiger partial charge >= 0.3 is 5.97 Å². The molecule has 1 aromatic heterocycles. The van der Waals surface area contributed by atoms with Gasteiger partial charge in [-0.15, -0.1) is 23.1 Å². The Morgan fingerprint density at radius 1 is 1.03 bits per heavy atom. The molecule has 0 unspecified atom stereocenters. The van der Waals surface area contributed by atoms with Crippen LogP contribution in [-0.4, -0.2) is 51.6 Å². The smallest absolute Gasteiger partial charge is 0.356 e. The molecule has 2 atom stereocenters. The molecule has 0 bridgehead atoms. The standard InChI is InChI=1S/C27H24N2O5S2/c30-15-19-16-36-26-22(28-21(31)14-20-12-7-13-35-20)25(32)29(26)23(19)27(33)34-24(17-8-3-1-4-9-17)18-10-5-2-6-11-18/h1-13,22,24,26,30H,14-16H2,(H,28,31)/t22-,26-/m1/s1. The van der Waals surface area contributed by atoms with E-state index in [4.69, 9.17) is 4.74 Å². The Balaban J connectivity index is 1.36. The molecule has 5 rings (SSSR count). The lowest BCUT2D eigenvalue weighted by Gasteiger charge is -2.49. The van der Waals surface area contributed by atoms with Gasteiger partial charge in [0.2, 0.25) is 5.91 Å². The quantitative estimate of drug-likeness (QED) is 0.350. The van der Waals surface area contributed by atoms with E-state index in [9.17, 15) is 19.5 Å². The second-order valence-electron chi connectivity index (χ2n) is 8.43. The molecule has 1 fully saturated rings. The van der Waals surface area contributed by atoms with Gasteiger partial charge in [-0.3, -0.25) is 14.5 Å². The lowest BCUT2D eigenvalue weighted by molar-refractivity contribution is -0.154. The summed E-state index contributed by atoms with van der Waals surface area (Å²) in [6, 6.07) is 21.7. The molecule has 0 spiro atoms. The Hall–Kier alpha value is -3.40. The molecule has 0 saturated carbocycles. The maximum absolute atomic E-state index is 13.5. The lowest BCUT2D eigenvalue weighted by Crippen LogP contribution is -2.70. The zero-order valence-electron chi connectivity index (χ0n) is 19.2. The van der Waals surface area contributed by atoms with Crippen molar-refractivity contribution in [1.82, 2.24) is 10.2 Å². The first-order valence-electron chi connectivity index (χ1n) is 11.5. The van der Waals surface area contributed by atoms with E-state index < -0.39 is 23.5 Å². The molecule has 2 aromatic carbocycles. The number of aliphatic hydroxyl groups excluding tert-OH is 1. The second kappa shape index (κ2) is 10.7. The number of hydrogen-bond donors (Lipinski definition) is 2. The highest BCUT2D eigenvalue weighted by Gasteiger charge is 2.54. The molecule has 3 heterocycles. The topological polar surface area (TPSA) is 95.9 Å². The summed E-state index contributed by atoms with van der Waals surface area (Å²) in [5, 5.41) is 14.2. The third-order valence-corrected chi connectivity index (χ3v) is 8.31. The van der Waals surface area contributed by atoms with E-state index in [1.807, 2.05) is 78.2 Å². The highest BCUT2D eigenvalue weighted by atomic mass is 32.2. The van der Waals surface area contributed by atoms with Crippen LogP contribution in [0.2, 0.25) is 0 Å². The maximum atomic E-state index is 13.5. The summed E-state index contributed by atoms with van der Waals surface area (Å²) in [6.07, 6.45) is -0.487. The predicted molar refractivity (Wildman–Crippen MR) is 138 cm³/mol. The van der Waals surface area contributed by atoms with Crippen molar-refractivity contribution in [1.29, 1.82) is 0 Å². The summed E-state index contributed by atoms with van der Waals surface area (Å²) in [6.45, 7) is -0.370. The summed E-state index contributed by atoms with van der Waals surface area (Å²) in [4.78, 5) is 41.4. The summed E-state index contributed by atoms with van der Waals surface area (Å²) in [7, 11) is 0. The van der Waals surface area contributed by atoms with Gasteiger partial charge in [-0.2, -0.15) is 0 Å². The fourth-order valence-corrected chi connectivity index (χ4v) is 6.37. The highest BCUT2D eigenvalue weighted by molar-refractivity contribution is 8.00. The molecule has 36 heavy (non-hydrogen) atoms. The molecular formula is C27H24N2O5S2. The van der Waals surface area contributed by atoms with E-state index in [1.54, 1.807) is 0 Å². The second-order valence-corrected chi connectivity index (χ2v) is 10.6. The molecule has 184 valence electrons. The number of nitrogens with zero attached hydrogens (tertiary/aromatic N) is 1. The van der Waals surface area contributed by atoms with Crippen LogP contribution in [0.4, 0.5) is 0 Å². The Morgan fingerprint density at radius 3 is 2.28 bits per heavy atom. The molecule has 9 heteroatoms. The molecule has 1 saturated heterocycles. The molecule has 3 aromatic rings. The van der Waals surface area contributed by atoms with Crippen molar-refractivity contribution in [3.8, 4) is 0 Å². The minimum absolute atomic E-state index is 0.0619. The highest BCUT2D eigenvalue weighted by Crippen LogP contribution is 2.41. The molecule has 2 amide bonds. The minimum Gasteiger partial charge on any atom is -0.448 e. The number of fused-ring (bicyclic) bond motifs is 1. The molecule has 0 aliphatic carbocycles. The number of carbonyl (C=O) groups excluding carboxylic acids is 3. The van der Waals surface area contributed by atoms with Crippen LogP contribution < -0.4 is 5.32 Å². The van der Waals surface area contributed by atoms with Gasteiger partial charge in [0.15, 0.2) is 6.10 Å². The number of thioether (sulfide) groups is 1. The lowest BCUT2D eigenvalue weighted by atomic mass is 10.0. The number of aliphatic hydroxyl groups is 1. The number of hydrogen-bond acceptors (Lipinski definition) is 7. The molecule has 2 aliphatic rings. The Kier molecular flexibility index (Phi) is 7.22. The van der Waals surface area contributed by atoms with E-state index in [0.717, 1.165) is 16.0 Å². The summed E-state index contributed by atoms with van der Waals surface area (Å²) < 4.78 is 5.98. The first-order valence-corrected chi connectivity index (χ1v) is 13.4.